The largest absolute Gasteiger partial charge is 0.355 e. The Morgan fingerprint density at radius 2 is 2.26 bits per heavy atom. The van der Waals surface area contributed by atoms with Gasteiger partial charge in [0.25, 0.3) is 0 Å². The summed E-state index contributed by atoms with van der Waals surface area (Å²) in [4.78, 5) is 11.7. The smallest absolute Gasteiger partial charge is 0.237 e. The number of hydrogen-bond donors (Lipinski definition) is 1. The van der Waals surface area contributed by atoms with Crippen molar-refractivity contribution in [2.45, 2.75) is 33.1 Å². The second-order valence-electron chi connectivity index (χ2n) is 4.58. The maximum absolute atomic E-state index is 12.9. The van der Waals surface area contributed by atoms with Crippen LogP contribution in [-0.2, 0) is 11.2 Å². The first kappa shape index (κ1) is 15.2. The lowest BCUT2D eigenvalue weighted by Gasteiger charge is -2.10. The Bertz CT molecular complexity index is 480. The second-order valence-corrected chi connectivity index (χ2v) is 4.58. The van der Waals surface area contributed by atoms with Crippen molar-refractivity contribution in [3.05, 3.63) is 35.1 Å². The molecule has 0 spiro atoms. The van der Waals surface area contributed by atoms with E-state index in [1.54, 1.807) is 6.07 Å². The highest BCUT2D eigenvalue weighted by molar-refractivity contribution is 5.80. The van der Waals surface area contributed by atoms with E-state index in [4.69, 9.17) is 5.26 Å². The number of aryl methyl sites for hydroxylation is 1. The molecule has 3 nitrogen and oxygen atoms in total. The van der Waals surface area contributed by atoms with E-state index in [9.17, 15) is 9.18 Å². The number of nitriles is 1. The predicted molar refractivity (Wildman–Crippen MR) is 71.9 cm³/mol. The van der Waals surface area contributed by atoms with E-state index < -0.39 is 5.92 Å². The maximum atomic E-state index is 12.9. The molecule has 1 amide bonds. The van der Waals surface area contributed by atoms with Gasteiger partial charge in [-0.05, 0) is 43.0 Å². The van der Waals surface area contributed by atoms with Gasteiger partial charge in [0.1, 0.15) is 11.7 Å². The Balaban J connectivity index is 2.46. The first-order valence-electron chi connectivity index (χ1n) is 6.50. The quantitative estimate of drug-likeness (QED) is 0.857. The molecule has 0 radical (unpaired) electrons. The fourth-order valence-corrected chi connectivity index (χ4v) is 1.93. The Kier molecular flexibility index (Phi) is 6.01. The van der Waals surface area contributed by atoms with Gasteiger partial charge in [0, 0.05) is 6.54 Å². The fourth-order valence-electron chi connectivity index (χ4n) is 1.93. The molecular weight excluding hydrogens is 243 g/mol. The van der Waals surface area contributed by atoms with Crippen molar-refractivity contribution in [1.82, 2.24) is 5.32 Å². The van der Waals surface area contributed by atoms with Crippen LogP contribution in [0, 0.1) is 30.0 Å². The van der Waals surface area contributed by atoms with Gasteiger partial charge in [0.05, 0.1) is 6.07 Å². The van der Waals surface area contributed by atoms with Crippen molar-refractivity contribution in [1.29, 1.82) is 5.26 Å². The highest BCUT2D eigenvalue weighted by atomic mass is 19.1. The number of benzene rings is 1. The fraction of sp³-hybridized carbons (Fsp3) is 0.467. The number of halogens is 1. The summed E-state index contributed by atoms with van der Waals surface area (Å²) < 4.78 is 12.9. The summed E-state index contributed by atoms with van der Waals surface area (Å²) in [5.41, 5.74) is 1.88. The Hall–Kier alpha value is -1.89. The van der Waals surface area contributed by atoms with Gasteiger partial charge in [-0.15, -0.1) is 0 Å². The van der Waals surface area contributed by atoms with E-state index in [2.05, 4.69) is 5.32 Å². The number of nitrogens with zero attached hydrogens (tertiary/aromatic N) is 1. The summed E-state index contributed by atoms with van der Waals surface area (Å²) in [6.07, 6.45) is 2.03. The zero-order valence-electron chi connectivity index (χ0n) is 11.4. The monoisotopic (exact) mass is 262 g/mol. The van der Waals surface area contributed by atoms with Crippen LogP contribution in [0.5, 0.6) is 0 Å². The molecule has 1 atom stereocenters. The van der Waals surface area contributed by atoms with Gasteiger partial charge < -0.3 is 5.32 Å². The van der Waals surface area contributed by atoms with Crippen LogP contribution in [0.25, 0.3) is 0 Å². The number of amides is 1. The molecule has 0 saturated heterocycles. The minimum atomic E-state index is -0.570. The van der Waals surface area contributed by atoms with Crippen molar-refractivity contribution in [3.63, 3.8) is 0 Å². The van der Waals surface area contributed by atoms with Gasteiger partial charge >= 0.3 is 0 Å². The van der Waals surface area contributed by atoms with Crippen LogP contribution in [0.1, 0.15) is 30.9 Å². The summed E-state index contributed by atoms with van der Waals surface area (Å²) in [6, 6.07) is 6.63. The summed E-state index contributed by atoms with van der Waals surface area (Å²) in [5.74, 6) is -1.04. The predicted octanol–water partition coefficient (Wildman–Crippen LogP) is 2.73. The van der Waals surface area contributed by atoms with E-state index in [1.165, 1.54) is 12.1 Å². The van der Waals surface area contributed by atoms with E-state index in [0.717, 1.165) is 17.5 Å². The third-order valence-electron chi connectivity index (χ3n) is 3.05. The number of carbonyl (C=O) groups excluding carboxylic acids is 1. The van der Waals surface area contributed by atoms with Crippen LogP contribution in [-0.4, -0.2) is 12.5 Å². The molecule has 1 rings (SSSR count). The van der Waals surface area contributed by atoms with Crippen LogP contribution >= 0.6 is 0 Å². The number of carbonyl (C=O) groups is 1. The number of nitrogens with one attached hydrogen (secondary N) is 1. The zero-order valence-corrected chi connectivity index (χ0v) is 11.4. The van der Waals surface area contributed by atoms with Crippen LogP contribution < -0.4 is 5.32 Å². The van der Waals surface area contributed by atoms with Gasteiger partial charge in [0.15, 0.2) is 0 Å². The lowest BCUT2D eigenvalue weighted by atomic mass is 10.0. The molecule has 0 bridgehead atoms. The first-order chi connectivity index (χ1) is 9.08. The third kappa shape index (κ3) is 4.70. The van der Waals surface area contributed by atoms with Gasteiger partial charge in [-0.25, -0.2) is 4.39 Å². The molecule has 0 saturated carbocycles. The standard InChI is InChI=1S/C15H19FN2O/c1-3-4-13(10-17)15(19)18-8-7-12-5-6-14(16)9-11(12)2/h5-6,9,13H,3-4,7-8H2,1-2H3,(H,18,19). The molecule has 102 valence electrons. The molecule has 4 heteroatoms. The average molecular weight is 262 g/mol. The van der Waals surface area contributed by atoms with Crippen molar-refractivity contribution in [3.8, 4) is 6.07 Å². The molecule has 0 heterocycles. The molecular formula is C15H19FN2O. The van der Waals surface area contributed by atoms with Crippen molar-refractivity contribution in [2.75, 3.05) is 6.54 Å². The van der Waals surface area contributed by atoms with Gasteiger partial charge in [0.2, 0.25) is 5.91 Å². The van der Waals surface area contributed by atoms with Gasteiger partial charge in [-0.1, -0.05) is 19.4 Å². The molecule has 19 heavy (non-hydrogen) atoms. The molecule has 0 aliphatic carbocycles. The van der Waals surface area contributed by atoms with Crippen LogP contribution in [0.3, 0.4) is 0 Å². The minimum Gasteiger partial charge on any atom is -0.355 e. The summed E-state index contributed by atoms with van der Waals surface area (Å²) in [6.45, 7) is 4.25. The SMILES string of the molecule is CCCC(C#N)C(=O)NCCc1ccc(F)cc1C. The van der Waals surface area contributed by atoms with Gasteiger partial charge in [-0.3, -0.25) is 4.79 Å². The molecule has 1 N–H and O–H groups in total. The van der Waals surface area contributed by atoms with Crippen molar-refractivity contribution < 1.29 is 9.18 Å². The molecule has 1 unspecified atom stereocenters. The zero-order chi connectivity index (χ0) is 14.3. The maximum Gasteiger partial charge on any atom is 0.237 e. The van der Waals surface area contributed by atoms with Crippen LogP contribution in [0.4, 0.5) is 4.39 Å². The molecule has 1 aromatic carbocycles. The van der Waals surface area contributed by atoms with E-state index in [1.807, 2.05) is 19.9 Å². The second kappa shape index (κ2) is 7.52. The average Bonchev–Trinajstić information content (AvgIpc) is 2.38. The van der Waals surface area contributed by atoms with E-state index in [0.29, 0.717) is 19.4 Å². The summed E-state index contributed by atoms with van der Waals surface area (Å²) in [7, 11) is 0. The highest BCUT2D eigenvalue weighted by Gasteiger charge is 2.15. The summed E-state index contributed by atoms with van der Waals surface area (Å²) >= 11 is 0. The minimum absolute atomic E-state index is 0.218. The first-order valence-corrected chi connectivity index (χ1v) is 6.50. The molecule has 1 aromatic rings. The normalized spacial score (nSPS) is 11.7. The third-order valence-corrected chi connectivity index (χ3v) is 3.05. The Morgan fingerprint density at radius 1 is 1.53 bits per heavy atom. The Labute approximate surface area is 113 Å². The Morgan fingerprint density at radius 3 is 2.84 bits per heavy atom. The molecule has 0 aliphatic heterocycles. The van der Waals surface area contributed by atoms with E-state index in [-0.39, 0.29) is 11.7 Å². The van der Waals surface area contributed by atoms with Crippen molar-refractivity contribution >= 4 is 5.91 Å². The molecule has 0 fully saturated rings. The topological polar surface area (TPSA) is 52.9 Å². The molecule has 0 aliphatic rings. The lowest BCUT2D eigenvalue weighted by Crippen LogP contribution is -2.31. The lowest BCUT2D eigenvalue weighted by molar-refractivity contribution is -0.123. The number of hydrogen-bond acceptors (Lipinski definition) is 2. The number of rotatable bonds is 6. The van der Waals surface area contributed by atoms with E-state index >= 15 is 0 Å². The van der Waals surface area contributed by atoms with Crippen LogP contribution in [0.15, 0.2) is 18.2 Å². The summed E-state index contributed by atoms with van der Waals surface area (Å²) in [5, 5.41) is 11.6. The van der Waals surface area contributed by atoms with Crippen LogP contribution in [0.2, 0.25) is 0 Å². The van der Waals surface area contributed by atoms with Crippen molar-refractivity contribution in [2.24, 2.45) is 5.92 Å². The molecule has 0 aromatic heterocycles. The van der Waals surface area contributed by atoms with Gasteiger partial charge in [-0.2, -0.15) is 5.26 Å². The highest BCUT2D eigenvalue weighted by Crippen LogP contribution is 2.10.